The predicted octanol–water partition coefficient (Wildman–Crippen LogP) is 3.48. The van der Waals surface area contributed by atoms with Crippen LogP contribution in [0.2, 0.25) is 0 Å². The van der Waals surface area contributed by atoms with Crippen molar-refractivity contribution in [1.29, 1.82) is 0 Å². The molecule has 0 radical (unpaired) electrons. The molecule has 0 aliphatic rings. The number of guanidine groups is 1. The first kappa shape index (κ1) is 20.0. The molecule has 0 heterocycles. The number of unbranched alkanes of at least 4 members (excludes halogenated alkanes) is 1. The van der Waals surface area contributed by atoms with Gasteiger partial charge in [0.25, 0.3) is 0 Å². The lowest BCUT2D eigenvalue weighted by Crippen LogP contribution is -2.37. The second-order valence-corrected chi connectivity index (χ2v) is 4.78. The Hall–Kier alpha value is -0.980. The lowest BCUT2D eigenvalue weighted by molar-refractivity contribution is 0.411. The van der Waals surface area contributed by atoms with Crippen molar-refractivity contribution in [2.45, 2.75) is 40.2 Å². The number of aryl methyl sites for hydroxylation is 1. The number of nitrogens with zero attached hydrogens (tertiary/aromatic N) is 1. The van der Waals surface area contributed by atoms with E-state index in [9.17, 15) is 0 Å². The third-order valence-corrected chi connectivity index (χ3v) is 3.06. The standard InChI is InChI=1S/C16H27N3O.HI/c1-5-7-10-18-16(17-6-2)19-12-14-9-8-13(3)15(11-14)20-4;/h8-9,11H,5-7,10,12H2,1-4H3,(H2,17,18,19);1H. The SMILES string of the molecule is CCCCNC(=NCc1ccc(C)c(OC)c1)NCC.I. The van der Waals surface area contributed by atoms with Gasteiger partial charge in [0.15, 0.2) is 5.96 Å². The van der Waals surface area contributed by atoms with Crippen LogP contribution in [0.4, 0.5) is 0 Å². The Balaban J connectivity index is 0.00000400. The number of nitrogens with one attached hydrogen (secondary N) is 2. The van der Waals surface area contributed by atoms with Crippen LogP contribution < -0.4 is 15.4 Å². The zero-order chi connectivity index (χ0) is 14.8. The zero-order valence-electron chi connectivity index (χ0n) is 13.5. The molecule has 1 aromatic carbocycles. The molecule has 0 saturated carbocycles. The highest BCUT2D eigenvalue weighted by Crippen LogP contribution is 2.19. The first-order valence-corrected chi connectivity index (χ1v) is 7.37. The molecule has 0 saturated heterocycles. The van der Waals surface area contributed by atoms with Gasteiger partial charge in [0.1, 0.15) is 5.75 Å². The van der Waals surface area contributed by atoms with Crippen molar-refractivity contribution in [2.24, 2.45) is 4.99 Å². The average molecular weight is 405 g/mol. The largest absolute Gasteiger partial charge is 0.496 e. The molecule has 0 bridgehead atoms. The highest BCUT2D eigenvalue weighted by atomic mass is 127. The number of rotatable bonds is 7. The Kier molecular flexibility index (Phi) is 11.1. The summed E-state index contributed by atoms with van der Waals surface area (Å²) >= 11 is 0. The van der Waals surface area contributed by atoms with Crippen molar-refractivity contribution in [3.8, 4) is 5.75 Å². The number of aliphatic imine (C=N–C) groups is 1. The van der Waals surface area contributed by atoms with Crippen molar-refractivity contribution < 1.29 is 4.74 Å². The molecular weight excluding hydrogens is 377 g/mol. The van der Waals surface area contributed by atoms with E-state index in [0.717, 1.165) is 42.3 Å². The summed E-state index contributed by atoms with van der Waals surface area (Å²) in [4.78, 5) is 4.60. The maximum Gasteiger partial charge on any atom is 0.191 e. The summed E-state index contributed by atoms with van der Waals surface area (Å²) in [6, 6.07) is 6.21. The minimum atomic E-state index is 0. The van der Waals surface area contributed by atoms with Crippen molar-refractivity contribution in [1.82, 2.24) is 10.6 Å². The zero-order valence-corrected chi connectivity index (χ0v) is 15.9. The Morgan fingerprint density at radius 1 is 1.24 bits per heavy atom. The van der Waals surface area contributed by atoms with Gasteiger partial charge in [-0.05, 0) is 37.5 Å². The van der Waals surface area contributed by atoms with Gasteiger partial charge in [-0.3, -0.25) is 0 Å². The Bertz CT molecular complexity index is 436. The van der Waals surface area contributed by atoms with Crippen LogP contribution in [0.15, 0.2) is 23.2 Å². The van der Waals surface area contributed by atoms with Gasteiger partial charge >= 0.3 is 0 Å². The number of methoxy groups -OCH3 is 1. The molecule has 0 fully saturated rings. The first-order chi connectivity index (χ1) is 9.71. The lowest BCUT2D eigenvalue weighted by atomic mass is 10.1. The summed E-state index contributed by atoms with van der Waals surface area (Å²) in [6.45, 7) is 8.78. The Morgan fingerprint density at radius 2 is 2.00 bits per heavy atom. The quantitative estimate of drug-likeness (QED) is 0.316. The molecule has 0 aliphatic carbocycles. The van der Waals surface area contributed by atoms with Crippen molar-refractivity contribution in [3.63, 3.8) is 0 Å². The molecular formula is C16H28IN3O. The van der Waals surface area contributed by atoms with Crippen LogP contribution >= 0.6 is 24.0 Å². The number of benzene rings is 1. The lowest BCUT2D eigenvalue weighted by Gasteiger charge is -2.11. The average Bonchev–Trinajstić information content (AvgIpc) is 2.46. The summed E-state index contributed by atoms with van der Waals surface area (Å²) in [5.41, 5.74) is 2.30. The molecule has 0 aromatic heterocycles. The summed E-state index contributed by atoms with van der Waals surface area (Å²) in [5.74, 6) is 1.79. The highest BCUT2D eigenvalue weighted by Gasteiger charge is 2.01. The third-order valence-electron chi connectivity index (χ3n) is 3.06. The molecule has 0 aliphatic heterocycles. The van der Waals surface area contributed by atoms with Gasteiger partial charge in [-0.15, -0.1) is 24.0 Å². The van der Waals surface area contributed by atoms with E-state index in [0.29, 0.717) is 6.54 Å². The van der Waals surface area contributed by atoms with Gasteiger partial charge in [-0.1, -0.05) is 25.5 Å². The first-order valence-electron chi connectivity index (χ1n) is 7.37. The molecule has 0 spiro atoms. The number of ether oxygens (including phenoxy) is 1. The molecule has 5 heteroatoms. The Morgan fingerprint density at radius 3 is 2.62 bits per heavy atom. The number of hydrogen-bond acceptors (Lipinski definition) is 2. The molecule has 1 rings (SSSR count). The van der Waals surface area contributed by atoms with Crippen LogP contribution in [-0.4, -0.2) is 26.2 Å². The Labute approximate surface area is 145 Å². The minimum absolute atomic E-state index is 0. The van der Waals surface area contributed by atoms with E-state index in [4.69, 9.17) is 4.74 Å². The number of hydrogen-bond donors (Lipinski definition) is 2. The molecule has 0 unspecified atom stereocenters. The fourth-order valence-electron chi connectivity index (χ4n) is 1.86. The molecule has 2 N–H and O–H groups in total. The maximum absolute atomic E-state index is 5.34. The van der Waals surface area contributed by atoms with Crippen molar-refractivity contribution in [2.75, 3.05) is 20.2 Å². The van der Waals surface area contributed by atoms with Crippen LogP contribution in [0, 0.1) is 6.92 Å². The molecule has 0 amide bonds. The van der Waals surface area contributed by atoms with E-state index in [1.807, 2.05) is 6.92 Å². The van der Waals surface area contributed by atoms with Crippen molar-refractivity contribution in [3.05, 3.63) is 29.3 Å². The van der Waals surface area contributed by atoms with Crippen LogP contribution in [-0.2, 0) is 6.54 Å². The van der Waals surface area contributed by atoms with Gasteiger partial charge in [-0.25, -0.2) is 4.99 Å². The topological polar surface area (TPSA) is 45.7 Å². The van der Waals surface area contributed by atoms with Crippen LogP contribution in [0.25, 0.3) is 0 Å². The van der Waals surface area contributed by atoms with E-state index in [1.54, 1.807) is 7.11 Å². The second kappa shape index (κ2) is 11.7. The monoisotopic (exact) mass is 405 g/mol. The van der Waals surface area contributed by atoms with Gasteiger partial charge in [0, 0.05) is 13.1 Å². The van der Waals surface area contributed by atoms with Gasteiger partial charge in [-0.2, -0.15) is 0 Å². The second-order valence-electron chi connectivity index (χ2n) is 4.78. The van der Waals surface area contributed by atoms with Gasteiger partial charge in [0.05, 0.1) is 13.7 Å². The van der Waals surface area contributed by atoms with E-state index >= 15 is 0 Å². The molecule has 21 heavy (non-hydrogen) atoms. The molecule has 4 nitrogen and oxygen atoms in total. The van der Waals surface area contributed by atoms with Gasteiger partial charge < -0.3 is 15.4 Å². The van der Waals surface area contributed by atoms with E-state index in [2.05, 4.69) is 47.7 Å². The van der Waals surface area contributed by atoms with Crippen LogP contribution in [0.5, 0.6) is 5.75 Å². The van der Waals surface area contributed by atoms with Crippen LogP contribution in [0.1, 0.15) is 37.8 Å². The predicted molar refractivity (Wildman–Crippen MR) is 101 cm³/mol. The summed E-state index contributed by atoms with van der Waals surface area (Å²) in [6.07, 6.45) is 2.34. The molecule has 0 atom stereocenters. The fraction of sp³-hybridized carbons (Fsp3) is 0.562. The van der Waals surface area contributed by atoms with Gasteiger partial charge in [0.2, 0.25) is 0 Å². The van der Waals surface area contributed by atoms with Crippen molar-refractivity contribution >= 4 is 29.9 Å². The molecule has 120 valence electrons. The number of halogens is 1. The fourth-order valence-corrected chi connectivity index (χ4v) is 1.86. The van der Waals surface area contributed by atoms with E-state index in [-0.39, 0.29) is 24.0 Å². The molecule has 1 aromatic rings. The van der Waals surface area contributed by atoms with Crippen LogP contribution in [0.3, 0.4) is 0 Å². The minimum Gasteiger partial charge on any atom is -0.496 e. The summed E-state index contributed by atoms with van der Waals surface area (Å²) in [7, 11) is 1.70. The maximum atomic E-state index is 5.34. The third kappa shape index (κ3) is 7.55. The summed E-state index contributed by atoms with van der Waals surface area (Å²) in [5, 5.41) is 6.60. The normalized spacial score (nSPS) is 10.8. The smallest absolute Gasteiger partial charge is 0.191 e. The van der Waals surface area contributed by atoms with E-state index < -0.39 is 0 Å². The highest BCUT2D eigenvalue weighted by molar-refractivity contribution is 14.0. The van der Waals surface area contributed by atoms with E-state index in [1.165, 1.54) is 6.42 Å². The summed E-state index contributed by atoms with van der Waals surface area (Å²) < 4.78 is 5.34.